The molecule has 25 heavy (non-hydrogen) atoms. The molecule has 1 atom stereocenters. The van der Waals surface area contributed by atoms with Crippen LogP contribution in [0.5, 0.6) is 0 Å². The van der Waals surface area contributed by atoms with Crippen LogP contribution >= 0.6 is 0 Å². The van der Waals surface area contributed by atoms with Crippen LogP contribution in [0.1, 0.15) is 59.9 Å². The maximum absolute atomic E-state index is 12.8. The Morgan fingerprint density at radius 2 is 2.12 bits per heavy atom. The molecule has 1 aliphatic heterocycles. The second-order valence-corrected chi connectivity index (χ2v) is 6.99. The number of rotatable bonds is 6. The molecule has 0 radical (unpaired) electrons. The van der Waals surface area contributed by atoms with Gasteiger partial charge in [-0.25, -0.2) is 0 Å². The van der Waals surface area contributed by atoms with E-state index in [-0.39, 0.29) is 17.9 Å². The first-order valence-electron chi connectivity index (χ1n) is 9.07. The van der Waals surface area contributed by atoms with Crippen LogP contribution in [-0.2, 0) is 11.3 Å². The van der Waals surface area contributed by atoms with Crippen LogP contribution in [0.4, 0.5) is 0 Å². The lowest BCUT2D eigenvalue weighted by molar-refractivity contribution is 0.0856. The van der Waals surface area contributed by atoms with Gasteiger partial charge in [0.25, 0.3) is 5.91 Å². The van der Waals surface area contributed by atoms with E-state index >= 15 is 0 Å². The quantitative estimate of drug-likeness (QED) is 0.877. The Kier molecular flexibility index (Phi) is 5.53. The van der Waals surface area contributed by atoms with E-state index in [0.717, 1.165) is 30.8 Å². The number of nitrogens with one attached hydrogen (secondary N) is 1. The second-order valence-electron chi connectivity index (χ2n) is 6.99. The largest absolute Gasteiger partial charge is 0.376 e. The van der Waals surface area contributed by atoms with Crippen molar-refractivity contribution in [3.05, 3.63) is 52.8 Å². The molecule has 1 aliphatic rings. The molecule has 1 aromatic carbocycles. The van der Waals surface area contributed by atoms with Crippen LogP contribution in [0.3, 0.4) is 0 Å². The zero-order chi connectivity index (χ0) is 17.8. The number of carbonyl (C=O) groups excluding carboxylic acids is 1. The van der Waals surface area contributed by atoms with Gasteiger partial charge in [-0.1, -0.05) is 44.2 Å². The molecule has 0 bridgehead atoms. The minimum Gasteiger partial charge on any atom is -0.376 e. The summed E-state index contributed by atoms with van der Waals surface area (Å²) in [5, 5.41) is 7.69. The van der Waals surface area contributed by atoms with Gasteiger partial charge in [0, 0.05) is 13.2 Å². The van der Waals surface area contributed by atoms with Crippen molar-refractivity contribution in [2.75, 3.05) is 13.2 Å². The minimum absolute atomic E-state index is 0.0454. The zero-order valence-corrected chi connectivity index (χ0v) is 15.3. The van der Waals surface area contributed by atoms with Crippen LogP contribution in [0.25, 0.3) is 0 Å². The highest BCUT2D eigenvalue weighted by Gasteiger charge is 2.25. The molecular weight excluding hydrogens is 314 g/mol. The van der Waals surface area contributed by atoms with Crippen molar-refractivity contribution in [1.29, 1.82) is 0 Å². The van der Waals surface area contributed by atoms with Crippen molar-refractivity contribution < 1.29 is 9.53 Å². The third-order valence-corrected chi connectivity index (χ3v) is 4.63. The highest BCUT2D eigenvalue weighted by molar-refractivity contribution is 5.96. The third kappa shape index (κ3) is 4.10. The Bertz CT molecular complexity index is 716. The predicted molar refractivity (Wildman–Crippen MR) is 97.9 cm³/mol. The van der Waals surface area contributed by atoms with Crippen LogP contribution in [-0.4, -0.2) is 34.9 Å². The molecule has 1 aromatic heterocycles. The average molecular weight is 341 g/mol. The molecule has 3 rings (SSSR count). The Balaban J connectivity index is 1.81. The molecule has 0 saturated carbocycles. The topological polar surface area (TPSA) is 56.2 Å². The number of aryl methyl sites for hydroxylation is 1. The lowest BCUT2D eigenvalue weighted by Gasteiger charge is -2.14. The van der Waals surface area contributed by atoms with Gasteiger partial charge in [-0.3, -0.25) is 9.48 Å². The van der Waals surface area contributed by atoms with E-state index in [1.807, 2.05) is 29.8 Å². The Morgan fingerprint density at radius 3 is 2.76 bits per heavy atom. The second kappa shape index (κ2) is 7.83. The highest BCUT2D eigenvalue weighted by Crippen LogP contribution is 2.24. The van der Waals surface area contributed by atoms with Crippen molar-refractivity contribution >= 4 is 5.91 Å². The average Bonchev–Trinajstić information content (AvgIpc) is 3.21. The van der Waals surface area contributed by atoms with Crippen LogP contribution < -0.4 is 5.32 Å². The summed E-state index contributed by atoms with van der Waals surface area (Å²) in [5.41, 5.74) is 3.66. The Labute approximate surface area is 149 Å². The smallest absolute Gasteiger partial charge is 0.255 e. The van der Waals surface area contributed by atoms with Gasteiger partial charge in [-0.2, -0.15) is 5.10 Å². The van der Waals surface area contributed by atoms with Gasteiger partial charge in [0.05, 0.1) is 29.6 Å². The first kappa shape index (κ1) is 17.7. The predicted octanol–water partition coefficient (Wildman–Crippen LogP) is 3.27. The number of nitrogens with zero attached hydrogens (tertiary/aromatic N) is 2. The molecule has 134 valence electrons. The summed E-state index contributed by atoms with van der Waals surface area (Å²) in [6.45, 7) is 8.16. The fourth-order valence-electron chi connectivity index (χ4n) is 3.44. The molecular formula is C20H27N3O2. The maximum Gasteiger partial charge on any atom is 0.255 e. The Morgan fingerprint density at radius 1 is 1.36 bits per heavy atom. The molecule has 2 aromatic rings. The monoisotopic (exact) mass is 341 g/mol. The number of benzene rings is 1. The lowest BCUT2D eigenvalue weighted by Crippen LogP contribution is -2.32. The first-order chi connectivity index (χ1) is 12.1. The van der Waals surface area contributed by atoms with Gasteiger partial charge in [0.15, 0.2) is 0 Å². The summed E-state index contributed by atoms with van der Waals surface area (Å²) in [4.78, 5) is 12.8. The molecule has 5 nitrogen and oxygen atoms in total. The van der Waals surface area contributed by atoms with Crippen LogP contribution in [0.15, 0.2) is 30.3 Å². The van der Waals surface area contributed by atoms with E-state index in [4.69, 9.17) is 4.74 Å². The molecule has 1 fully saturated rings. The molecule has 1 N–H and O–H groups in total. The number of aromatic nitrogens is 2. The van der Waals surface area contributed by atoms with Crippen molar-refractivity contribution in [3.8, 4) is 0 Å². The van der Waals surface area contributed by atoms with Crippen molar-refractivity contribution in [2.24, 2.45) is 0 Å². The molecule has 1 amide bonds. The zero-order valence-electron chi connectivity index (χ0n) is 15.3. The van der Waals surface area contributed by atoms with E-state index in [2.05, 4.69) is 36.4 Å². The molecule has 5 heteroatoms. The molecule has 0 aliphatic carbocycles. The van der Waals surface area contributed by atoms with Crippen LogP contribution in [0, 0.1) is 6.92 Å². The van der Waals surface area contributed by atoms with Gasteiger partial charge in [0.1, 0.15) is 0 Å². The molecule has 0 unspecified atom stereocenters. The van der Waals surface area contributed by atoms with E-state index < -0.39 is 0 Å². The maximum atomic E-state index is 12.8. The van der Waals surface area contributed by atoms with E-state index in [0.29, 0.717) is 18.7 Å². The molecule has 0 spiro atoms. The number of carbonyl (C=O) groups is 1. The van der Waals surface area contributed by atoms with E-state index in [9.17, 15) is 4.79 Å². The number of hydrogen-bond donors (Lipinski definition) is 1. The van der Waals surface area contributed by atoms with Crippen molar-refractivity contribution in [3.63, 3.8) is 0 Å². The van der Waals surface area contributed by atoms with Gasteiger partial charge in [-0.15, -0.1) is 0 Å². The van der Waals surface area contributed by atoms with Gasteiger partial charge >= 0.3 is 0 Å². The van der Waals surface area contributed by atoms with Gasteiger partial charge < -0.3 is 10.1 Å². The molecule has 2 heterocycles. The fraction of sp³-hybridized carbons (Fsp3) is 0.500. The summed E-state index contributed by atoms with van der Waals surface area (Å²) in [6, 6.07) is 10.2. The number of ether oxygens (including phenoxy) is 1. The summed E-state index contributed by atoms with van der Waals surface area (Å²) in [6.07, 6.45) is 2.24. The SMILES string of the molecule is Cc1nn(Cc2ccccc2)c(C(C)C)c1C(=O)NC[C@H]1CCCO1. The Hall–Kier alpha value is -2.14. The van der Waals surface area contributed by atoms with E-state index in [1.165, 1.54) is 5.56 Å². The highest BCUT2D eigenvalue weighted by atomic mass is 16.5. The minimum atomic E-state index is -0.0454. The summed E-state index contributed by atoms with van der Waals surface area (Å²) >= 11 is 0. The molecule has 1 saturated heterocycles. The van der Waals surface area contributed by atoms with Gasteiger partial charge in [-0.05, 0) is 31.2 Å². The van der Waals surface area contributed by atoms with Crippen molar-refractivity contribution in [1.82, 2.24) is 15.1 Å². The fourth-order valence-corrected chi connectivity index (χ4v) is 3.44. The summed E-state index contributed by atoms with van der Waals surface area (Å²) < 4.78 is 7.56. The van der Waals surface area contributed by atoms with E-state index in [1.54, 1.807) is 0 Å². The normalized spacial score (nSPS) is 17.2. The summed E-state index contributed by atoms with van der Waals surface area (Å²) in [7, 11) is 0. The lowest BCUT2D eigenvalue weighted by atomic mass is 10.0. The van der Waals surface area contributed by atoms with Gasteiger partial charge in [0.2, 0.25) is 0 Å². The first-order valence-corrected chi connectivity index (χ1v) is 9.07. The number of hydrogen-bond acceptors (Lipinski definition) is 3. The standard InChI is InChI=1S/C20H27N3O2/c1-14(2)19-18(20(24)21-12-17-10-7-11-25-17)15(3)22-23(19)13-16-8-5-4-6-9-16/h4-6,8-9,14,17H,7,10-13H2,1-3H3,(H,21,24)/t17-/m1/s1. The van der Waals surface area contributed by atoms with Crippen LogP contribution in [0.2, 0.25) is 0 Å². The third-order valence-electron chi connectivity index (χ3n) is 4.63. The number of amides is 1. The summed E-state index contributed by atoms with van der Waals surface area (Å²) in [5.74, 6) is 0.171. The van der Waals surface area contributed by atoms with Crippen molar-refractivity contribution in [2.45, 2.75) is 52.2 Å².